The fourth-order valence-electron chi connectivity index (χ4n) is 5.33. The number of phenolic OH excluding ortho intramolecular Hbond substituents is 1. The number of hydrogen-bond donors (Lipinski definition) is 3. The fourth-order valence-corrected chi connectivity index (χ4v) is 5.33. The van der Waals surface area contributed by atoms with Gasteiger partial charge in [0.15, 0.2) is 17.5 Å². The Bertz CT molecular complexity index is 1520. The number of ether oxygens (including phenoxy) is 2. The van der Waals surface area contributed by atoms with Gasteiger partial charge in [-0.2, -0.15) is 0 Å². The number of methoxy groups -OCH3 is 2. The third-order valence-corrected chi connectivity index (χ3v) is 7.26. The molecular weight excluding hydrogens is 498 g/mol. The van der Waals surface area contributed by atoms with Crippen LogP contribution in [-0.2, 0) is 4.79 Å². The van der Waals surface area contributed by atoms with Crippen molar-refractivity contribution in [2.24, 2.45) is 0 Å². The Balaban J connectivity index is 1.50. The zero-order valence-electron chi connectivity index (χ0n) is 21.9. The predicted octanol–water partition coefficient (Wildman–Crippen LogP) is 5.49. The highest BCUT2D eigenvalue weighted by atomic mass is 16.5. The van der Waals surface area contributed by atoms with E-state index in [9.17, 15) is 19.8 Å². The normalized spacial score (nSPS) is 14.6. The maximum Gasteiger partial charge on any atom is 0.330 e. The van der Waals surface area contributed by atoms with Crippen molar-refractivity contribution in [2.75, 3.05) is 14.2 Å². The molecule has 3 aromatic carbocycles. The minimum Gasteiger partial charge on any atom is -0.508 e. The standard InChI is InChI=1S/C30H31N3O6/c1-38-25-14-12-18(17-26(25)39-2)27(30(36)37)32-29(35)20-11-13-24-23(16-20)31-28(19-7-6-10-22(34)15-19)33(24)21-8-4-3-5-9-21/h6-7,10-17,21,27,34H,3-5,8-9H2,1-2H3,(H,32,35)(H,36,37). The van der Waals surface area contributed by atoms with Crippen LogP contribution < -0.4 is 14.8 Å². The number of aromatic hydroxyl groups is 1. The van der Waals surface area contributed by atoms with E-state index >= 15 is 0 Å². The predicted molar refractivity (Wildman–Crippen MR) is 146 cm³/mol. The first-order valence-corrected chi connectivity index (χ1v) is 13.0. The van der Waals surface area contributed by atoms with Gasteiger partial charge in [-0.15, -0.1) is 0 Å². The van der Waals surface area contributed by atoms with E-state index < -0.39 is 17.9 Å². The summed E-state index contributed by atoms with van der Waals surface area (Å²) in [6.07, 6.45) is 5.55. The lowest BCUT2D eigenvalue weighted by molar-refractivity contribution is -0.139. The molecule has 4 aromatic rings. The number of hydrogen-bond acceptors (Lipinski definition) is 6. The van der Waals surface area contributed by atoms with Gasteiger partial charge in [0.1, 0.15) is 11.6 Å². The molecule has 9 nitrogen and oxygen atoms in total. The van der Waals surface area contributed by atoms with Gasteiger partial charge in [-0.3, -0.25) is 4.79 Å². The van der Waals surface area contributed by atoms with Crippen LogP contribution in [0, 0.1) is 0 Å². The molecule has 3 N–H and O–H groups in total. The number of amides is 1. The average molecular weight is 530 g/mol. The lowest BCUT2D eigenvalue weighted by Gasteiger charge is -2.25. The number of carboxylic acids is 1. The Morgan fingerprint density at radius 3 is 2.44 bits per heavy atom. The molecule has 1 aliphatic rings. The highest BCUT2D eigenvalue weighted by Gasteiger charge is 2.26. The number of carbonyl (C=O) groups is 2. The number of aliphatic carboxylic acids is 1. The molecule has 202 valence electrons. The second-order valence-corrected chi connectivity index (χ2v) is 9.71. The van der Waals surface area contributed by atoms with Crippen molar-refractivity contribution < 1.29 is 29.3 Å². The number of carbonyl (C=O) groups excluding carboxylic acids is 1. The molecule has 0 radical (unpaired) electrons. The van der Waals surface area contributed by atoms with Crippen molar-refractivity contribution in [1.82, 2.24) is 14.9 Å². The maximum atomic E-state index is 13.3. The number of imidazole rings is 1. The lowest BCUT2D eigenvalue weighted by atomic mass is 9.94. The summed E-state index contributed by atoms with van der Waals surface area (Å²) in [5, 5.41) is 22.6. The first-order chi connectivity index (χ1) is 18.9. The molecule has 1 saturated carbocycles. The molecule has 1 aliphatic carbocycles. The van der Waals surface area contributed by atoms with Crippen LogP contribution in [0.15, 0.2) is 60.7 Å². The first kappa shape index (κ1) is 26.1. The van der Waals surface area contributed by atoms with E-state index in [1.807, 2.05) is 12.1 Å². The number of phenols is 1. The molecule has 1 atom stereocenters. The van der Waals surface area contributed by atoms with E-state index in [1.54, 1.807) is 42.5 Å². The number of carboxylic acid groups (broad SMARTS) is 1. The Hall–Kier alpha value is -4.53. The van der Waals surface area contributed by atoms with Gasteiger partial charge < -0.3 is 29.6 Å². The molecule has 1 unspecified atom stereocenters. The smallest absolute Gasteiger partial charge is 0.330 e. The van der Waals surface area contributed by atoms with Crippen molar-refractivity contribution in [1.29, 1.82) is 0 Å². The third kappa shape index (κ3) is 5.25. The summed E-state index contributed by atoms with van der Waals surface area (Å²) in [7, 11) is 2.95. The van der Waals surface area contributed by atoms with Gasteiger partial charge in [-0.25, -0.2) is 9.78 Å². The van der Waals surface area contributed by atoms with Gasteiger partial charge in [0.05, 0.1) is 25.3 Å². The molecule has 0 saturated heterocycles. The zero-order chi connectivity index (χ0) is 27.5. The van der Waals surface area contributed by atoms with E-state index in [-0.39, 0.29) is 11.8 Å². The van der Waals surface area contributed by atoms with Gasteiger partial charge >= 0.3 is 5.97 Å². The van der Waals surface area contributed by atoms with Gasteiger partial charge in [-0.05, 0) is 60.9 Å². The molecule has 0 spiro atoms. The topological polar surface area (TPSA) is 123 Å². The summed E-state index contributed by atoms with van der Waals surface area (Å²) in [5.41, 5.74) is 2.96. The van der Waals surface area contributed by atoms with Crippen LogP contribution in [-0.4, -0.2) is 45.9 Å². The Morgan fingerprint density at radius 1 is 0.974 bits per heavy atom. The summed E-state index contributed by atoms with van der Waals surface area (Å²) in [5.74, 6) is -0.0266. The first-order valence-electron chi connectivity index (χ1n) is 13.0. The number of rotatable bonds is 8. The van der Waals surface area contributed by atoms with Crippen LogP contribution in [0.25, 0.3) is 22.4 Å². The maximum absolute atomic E-state index is 13.3. The molecule has 9 heteroatoms. The van der Waals surface area contributed by atoms with Gasteiger partial charge in [0.25, 0.3) is 5.91 Å². The van der Waals surface area contributed by atoms with Crippen molar-refractivity contribution in [3.8, 4) is 28.6 Å². The number of benzene rings is 3. The van der Waals surface area contributed by atoms with Crippen molar-refractivity contribution in [3.05, 3.63) is 71.8 Å². The number of fused-ring (bicyclic) bond motifs is 1. The second-order valence-electron chi connectivity index (χ2n) is 9.71. The lowest BCUT2D eigenvalue weighted by Crippen LogP contribution is -2.33. The van der Waals surface area contributed by atoms with Crippen LogP contribution in [0.4, 0.5) is 0 Å². The van der Waals surface area contributed by atoms with Crippen LogP contribution in [0.1, 0.15) is 60.1 Å². The van der Waals surface area contributed by atoms with E-state index in [2.05, 4.69) is 9.88 Å². The molecule has 1 heterocycles. The molecule has 1 aromatic heterocycles. The highest BCUT2D eigenvalue weighted by Crippen LogP contribution is 2.37. The van der Waals surface area contributed by atoms with E-state index in [4.69, 9.17) is 14.5 Å². The van der Waals surface area contributed by atoms with E-state index in [0.717, 1.165) is 42.6 Å². The summed E-state index contributed by atoms with van der Waals surface area (Å²) in [6.45, 7) is 0. The fraction of sp³-hybridized carbons (Fsp3) is 0.300. The summed E-state index contributed by atoms with van der Waals surface area (Å²) in [6, 6.07) is 15.9. The van der Waals surface area contributed by atoms with Gasteiger partial charge in [0.2, 0.25) is 0 Å². The Morgan fingerprint density at radius 2 is 1.74 bits per heavy atom. The minimum absolute atomic E-state index is 0.157. The highest BCUT2D eigenvalue weighted by molar-refractivity contribution is 5.99. The van der Waals surface area contributed by atoms with E-state index in [1.165, 1.54) is 26.7 Å². The monoisotopic (exact) mass is 529 g/mol. The SMILES string of the molecule is COc1ccc(C(NC(=O)c2ccc3c(c2)nc(-c2cccc(O)c2)n3C2CCCCC2)C(=O)O)cc1OC. The molecule has 39 heavy (non-hydrogen) atoms. The summed E-state index contributed by atoms with van der Waals surface area (Å²) in [4.78, 5) is 30.3. The van der Waals surface area contributed by atoms with Crippen LogP contribution in [0.3, 0.4) is 0 Å². The van der Waals surface area contributed by atoms with E-state index in [0.29, 0.717) is 28.1 Å². The quantitative estimate of drug-likeness (QED) is 0.276. The summed E-state index contributed by atoms with van der Waals surface area (Å²) < 4.78 is 12.7. The minimum atomic E-state index is -1.30. The van der Waals surface area contributed by atoms with Crippen LogP contribution in [0.2, 0.25) is 0 Å². The molecule has 5 rings (SSSR count). The summed E-state index contributed by atoms with van der Waals surface area (Å²) >= 11 is 0. The molecule has 1 fully saturated rings. The Labute approximate surface area is 226 Å². The molecule has 1 amide bonds. The van der Waals surface area contributed by atoms with Crippen LogP contribution in [0.5, 0.6) is 17.2 Å². The number of aromatic nitrogens is 2. The second kappa shape index (κ2) is 11.1. The largest absolute Gasteiger partial charge is 0.508 e. The molecular formula is C30H31N3O6. The number of nitrogens with zero attached hydrogens (tertiary/aromatic N) is 2. The van der Waals surface area contributed by atoms with Crippen molar-refractivity contribution in [2.45, 2.75) is 44.2 Å². The Kier molecular flexibility index (Phi) is 7.40. The zero-order valence-corrected chi connectivity index (χ0v) is 21.9. The average Bonchev–Trinajstić information content (AvgIpc) is 3.34. The van der Waals surface area contributed by atoms with Gasteiger partial charge in [0, 0.05) is 17.2 Å². The van der Waals surface area contributed by atoms with Crippen molar-refractivity contribution >= 4 is 22.9 Å². The van der Waals surface area contributed by atoms with Crippen LogP contribution >= 0.6 is 0 Å². The third-order valence-electron chi connectivity index (χ3n) is 7.26. The molecule has 0 aliphatic heterocycles. The van der Waals surface area contributed by atoms with Crippen molar-refractivity contribution in [3.63, 3.8) is 0 Å². The van der Waals surface area contributed by atoms with Gasteiger partial charge in [-0.1, -0.05) is 37.5 Å². The molecule has 0 bridgehead atoms. The number of nitrogens with one attached hydrogen (secondary N) is 1.